The molecule has 0 saturated heterocycles. The van der Waals surface area contributed by atoms with E-state index in [9.17, 15) is 9.59 Å². The zero-order valence-electron chi connectivity index (χ0n) is 19.1. The van der Waals surface area contributed by atoms with Gasteiger partial charge in [0.05, 0.1) is 0 Å². The normalized spacial score (nSPS) is 13.0. The first kappa shape index (κ1) is 23.6. The van der Waals surface area contributed by atoms with Crippen LogP contribution in [0.3, 0.4) is 0 Å². The summed E-state index contributed by atoms with van der Waals surface area (Å²) >= 11 is 0. The molecule has 0 aliphatic carbocycles. The fourth-order valence-electron chi connectivity index (χ4n) is 3.48. The third-order valence-corrected chi connectivity index (χ3v) is 5.60. The number of nitrogens with one attached hydrogen (secondary N) is 1. The van der Waals surface area contributed by atoms with E-state index in [0.717, 1.165) is 6.42 Å². The molecule has 5 nitrogen and oxygen atoms in total. The van der Waals surface area contributed by atoms with E-state index in [0.29, 0.717) is 29.6 Å². The lowest BCUT2D eigenvalue weighted by atomic mass is 9.92. The molecule has 0 radical (unpaired) electrons. The molecule has 0 aliphatic heterocycles. The zero-order valence-corrected chi connectivity index (χ0v) is 19.1. The van der Waals surface area contributed by atoms with E-state index in [1.54, 1.807) is 38.4 Å². The quantitative estimate of drug-likeness (QED) is 0.660. The lowest BCUT2D eigenvalue weighted by Gasteiger charge is -2.20. The second-order valence-corrected chi connectivity index (χ2v) is 8.51. The Morgan fingerprint density at radius 2 is 1.50 bits per heavy atom. The number of hydrogen-bond donors (Lipinski definition) is 2. The van der Waals surface area contributed by atoms with Crippen LogP contribution in [0.25, 0.3) is 0 Å². The summed E-state index contributed by atoms with van der Waals surface area (Å²) in [6, 6.07) is 16.0. The molecule has 5 heteroatoms. The highest BCUT2D eigenvalue weighted by Crippen LogP contribution is 2.23. The average Bonchev–Trinajstić information content (AvgIpc) is 2.73. The molecule has 0 saturated carbocycles. The summed E-state index contributed by atoms with van der Waals surface area (Å²) in [5, 5.41) is 5.02. The van der Waals surface area contributed by atoms with Crippen molar-refractivity contribution < 1.29 is 14.9 Å². The zero-order chi connectivity index (χ0) is 22.3. The van der Waals surface area contributed by atoms with E-state index >= 15 is 0 Å². The van der Waals surface area contributed by atoms with E-state index in [1.807, 2.05) is 0 Å². The van der Waals surface area contributed by atoms with Gasteiger partial charge in [0.2, 0.25) is 0 Å². The molecule has 2 aromatic carbocycles. The fourth-order valence-corrected chi connectivity index (χ4v) is 3.48. The van der Waals surface area contributed by atoms with Gasteiger partial charge in [0.1, 0.15) is 6.04 Å². The van der Waals surface area contributed by atoms with Gasteiger partial charge < -0.3 is 15.5 Å². The highest BCUT2D eigenvalue weighted by molar-refractivity contribution is 5.95. The minimum absolute atomic E-state index is 0.0523. The molecular formula is C25H36N3O2+. The van der Waals surface area contributed by atoms with Crippen LogP contribution in [0.4, 0.5) is 5.69 Å². The molecule has 30 heavy (non-hydrogen) atoms. The summed E-state index contributed by atoms with van der Waals surface area (Å²) in [6.45, 7) is 9.16. The van der Waals surface area contributed by atoms with Crippen molar-refractivity contribution in [1.29, 1.82) is 0 Å². The Morgan fingerprint density at radius 1 is 0.933 bits per heavy atom. The van der Waals surface area contributed by atoms with Crippen molar-refractivity contribution in [2.24, 2.45) is 5.92 Å². The van der Waals surface area contributed by atoms with Gasteiger partial charge in [-0.3, -0.25) is 9.59 Å². The molecule has 162 valence electrons. The Labute approximate surface area is 180 Å². The Kier molecular flexibility index (Phi) is 8.60. The minimum atomic E-state index is -0.0552. The number of nitrogens with two attached hydrogens (primary N) is 1. The number of amides is 2. The first-order chi connectivity index (χ1) is 14.2. The maximum absolute atomic E-state index is 12.5. The van der Waals surface area contributed by atoms with Crippen LogP contribution in [0.15, 0.2) is 48.5 Å². The standard InChI is InChI=1S/C25H35N3O2/c1-7-18(4)19-8-10-20(11-9-19)24(17(2)3)26-16-23(29)27-22-14-12-21(13-15-22)25(30)28(5)6/h8-15,17-18,24,26H,7,16H2,1-6H3,(H,27,29)/p+1/t18-,24+/m1/s1. The highest BCUT2D eigenvalue weighted by atomic mass is 16.2. The highest BCUT2D eigenvalue weighted by Gasteiger charge is 2.21. The SMILES string of the molecule is CC[C@@H](C)c1ccc([C@@H]([NH2+]CC(=O)Nc2ccc(C(=O)N(C)C)cc2)C(C)C)cc1. The first-order valence-corrected chi connectivity index (χ1v) is 10.8. The topological polar surface area (TPSA) is 66.0 Å². The van der Waals surface area contributed by atoms with E-state index in [4.69, 9.17) is 0 Å². The van der Waals surface area contributed by atoms with Crippen LogP contribution in [0, 0.1) is 5.92 Å². The smallest absolute Gasteiger partial charge is 0.279 e. The predicted molar refractivity (Wildman–Crippen MR) is 123 cm³/mol. The summed E-state index contributed by atoms with van der Waals surface area (Å²) in [6.07, 6.45) is 1.13. The maximum Gasteiger partial charge on any atom is 0.279 e. The molecule has 0 aromatic heterocycles. The second-order valence-electron chi connectivity index (χ2n) is 8.51. The average molecular weight is 411 g/mol. The van der Waals surface area contributed by atoms with Crippen molar-refractivity contribution in [3.05, 3.63) is 65.2 Å². The summed E-state index contributed by atoms with van der Waals surface area (Å²) in [4.78, 5) is 26.0. The van der Waals surface area contributed by atoms with Gasteiger partial charge in [0.25, 0.3) is 11.8 Å². The Balaban J connectivity index is 1.96. The summed E-state index contributed by atoms with van der Waals surface area (Å²) in [7, 11) is 3.44. The van der Waals surface area contributed by atoms with E-state index in [-0.39, 0.29) is 17.9 Å². The largest absolute Gasteiger partial charge is 0.345 e. The van der Waals surface area contributed by atoms with Gasteiger partial charge in [-0.25, -0.2) is 0 Å². The molecule has 0 spiro atoms. The number of benzene rings is 2. The number of rotatable bonds is 9. The Hall–Kier alpha value is -2.66. The molecule has 0 heterocycles. The number of hydrogen-bond acceptors (Lipinski definition) is 2. The molecule has 0 fully saturated rings. The van der Waals surface area contributed by atoms with E-state index in [1.165, 1.54) is 16.0 Å². The van der Waals surface area contributed by atoms with Gasteiger partial charge >= 0.3 is 0 Å². The van der Waals surface area contributed by atoms with Gasteiger partial charge in [-0.05, 0) is 42.2 Å². The molecule has 0 aliphatic rings. The Morgan fingerprint density at radius 3 is 2.00 bits per heavy atom. The van der Waals surface area contributed by atoms with Crippen molar-refractivity contribution in [2.75, 3.05) is 26.0 Å². The van der Waals surface area contributed by atoms with Crippen LogP contribution in [0.1, 0.15) is 67.6 Å². The van der Waals surface area contributed by atoms with Crippen molar-refractivity contribution in [3.63, 3.8) is 0 Å². The minimum Gasteiger partial charge on any atom is -0.345 e. The number of nitrogens with zero attached hydrogens (tertiary/aromatic N) is 1. The van der Waals surface area contributed by atoms with Crippen molar-refractivity contribution >= 4 is 17.5 Å². The van der Waals surface area contributed by atoms with Gasteiger partial charge in [0.15, 0.2) is 6.54 Å². The summed E-state index contributed by atoms with van der Waals surface area (Å²) in [5.41, 5.74) is 3.90. The molecule has 3 N–H and O–H groups in total. The van der Waals surface area contributed by atoms with Crippen molar-refractivity contribution in [3.8, 4) is 0 Å². The van der Waals surface area contributed by atoms with Crippen LogP contribution in [0.2, 0.25) is 0 Å². The Bertz CT molecular complexity index is 826. The predicted octanol–water partition coefficient (Wildman–Crippen LogP) is 3.80. The van der Waals surface area contributed by atoms with Crippen LogP contribution in [-0.2, 0) is 4.79 Å². The van der Waals surface area contributed by atoms with Crippen LogP contribution < -0.4 is 10.6 Å². The lowest BCUT2D eigenvalue weighted by Crippen LogP contribution is -2.88. The second kappa shape index (κ2) is 10.9. The molecule has 2 aromatic rings. The number of carbonyl (C=O) groups is 2. The third kappa shape index (κ3) is 6.42. The molecule has 0 unspecified atom stereocenters. The third-order valence-electron chi connectivity index (χ3n) is 5.60. The molecule has 2 amide bonds. The molecule has 2 rings (SSSR count). The van der Waals surface area contributed by atoms with Crippen molar-refractivity contribution in [2.45, 2.75) is 46.1 Å². The van der Waals surface area contributed by atoms with E-state index in [2.05, 4.69) is 62.6 Å². The summed E-state index contributed by atoms with van der Waals surface area (Å²) < 4.78 is 0. The number of quaternary nitrogens is 1. The number of anilines is 1. The fraction of sp³-hybridized carbons (Fsp3) is 0.440. The maximum atomic E-state index is 12.5. The lowest BCUT2D eigenvalue weighted by molar-refractivity contribution is -0.692. The van der Waals surface area contributed by atoms with Crippen molar-refractivity contribution in [1.82, 2.24) is 4.90 Å². The summed E-state index contributed by atoms with van der Waals surface area (Å²) in [5.74, 6) is 0.859. The van der Waals surface area contributed by atoms with Gasteiger partial charge in [-0.2, -0.15) is 0 Å². The monoisotopic (exact) mass is 410 g/mol. The van der Waals surface area contributed by atoms with Gasteiger partial charge in [-0.1, -0.05) is 52.0 Å². The molecule has 2 atom stereocenters. The van der Waals surface area contributed by atoms with Crippen LogP contribution in [-0.4, -0.2) is 37.4 Å². The van der Waals surface area contributed by atoms with Crippen LogP contribution in [0.5, 0.6) is 0 Å². The molecule has 0 bridgehead atoms. The van der Waals surface area contributed by atoms with Crippen LogP contribution >= 0.6 is 0 Å². The van der Waals surface area contributed by atoms with E-state index < -0.39 is 0 Å². The first-order valence-electron chi connectivity index (χ1n) is 10.8. The molecular weight excluding hydrogens is 374 g/mol. The van der Waals surface area contributed by atoms with Gasteiger partial charge in [0, 0.05) is 36.8 Å². The number of carbonyl (C=O) groups excluding carboxylic acids is 2. The van der Waals surface area contributed by atoms with Gasteiger partial charge in [-0.15, -0.1) is 0 Å².